The van der Waals surface area contributed by atoms with E-state index in [9.17, 15) is 0 Å². The van der Waals surface area contributed by atoms with Crippen molar-refractivity contribution in [2.75, 3.05) is 0 Å². The summed E-state index contributed by atoms with van der Waals surface area (Å²) < 4.78 is 5.37. The van der Waals surface area contributed by atoms with Gasteiger partial charge >= 0.3 is 0 Å². The van der Waals surface area contributed by atoms with E-state index in [0.29, 0.717) is 5.92 Å². The summed E-state index contributed by atoms with van der Waals surface area (Å²) in [5, 5.41) is 0.958. The van der Waals surface area contributed by atoms with Gasteiger partial charge in [0.25, 0.3) is 0 Å². The Hall–Kier alpha value is -1.13. The quantitative estimate of drug-likeness (QED) is 0.886. The van der Waals surface area contributed by atoms with E-state index in [-0.39, 0.29) is 6.04 Å². The number of aromatic nitrogens is 1. The van der Waals surface area contributed by atoms with Gasteiger partial charge in [-0.05, 0) is 31.9 Å². The number of hydrogen-bond acceptors (Lipinski definition) is 4. The summed E-state index contributed by atoms with van der Waals surface area (Å²) >= 11 is 1.66. The maximum Gasteiger partial charge on any atom is 0.162 e. The first-order valence-corrected chi connectivity index (χ1v) is 6.37. The van der Waals surface area contributed by atoms with Gasteiger partial charge in [0.1, 0.15) is 0 Å². The molecule has 3 rings (SSSR count). The van der Waals surface area contributed by atoms with Crippen molar-refractivity contribution in [1.29, 1.82) is 0 Å². The first-order valence-electron chi connectivity index (χ1n) is 5.56. The molecule has 1 aliphatic rings. The molecule has 1 unspecified atom stereocenters. The third-order valence-electron chi connectivity index (χ3n) is 2.79. The Morgan fingerprint density at radius 1 is 1.56 bits per heavy atom. The molecule has 0 aromatic carbocycles. The summed E-state index contributed by atoms with van der Waals surface area (Å²) in [6.45, 7) is 2.02. The Morgan fingerprint density at radius 3 is 2.94 bits per heavy atom. The number of thiazole rings is 1. The predicted molar refractivity (Wildman–Crippen MR) is 64.4 cm³/mol. The van der Waals surface area contributed by atoms with Gasteiger partial charge in [0, 0.05) is 16.8 Å². The molecule has 2 N–H and O–H groups in total. The summed E-state index contributed by atoms with van der Waals surface area (Å²) in [5.41, 5.74) is 7.19. The summed E-state index contributed by atoms with van der Waals surface area (Å²) in [6.07, 6.45) is 4.18. The van der Waals surface area contributed by atoms with Crippen LogP contribution in [0.3, 0.4) is 0 Å². The number of hydrogen-bond donors (Lipinski definition) is 1. The number of nitrogens with zero attached hydrogens (tertiary/aromatic N) is 1. The molecular weight excluding hydrogens is 220 g/mol. The van der Waals surface area contributed by atoms with Gasteiger partial charge in [-0.1, -0.05) is 0 Å². The number of furan rings is 1. The minimum atomic E-state index is 0.0665. The van der Waals surface area contributed by atoms with Crippen LogP contribution in [0.4, 0.5) is 0 Å². The van der Waals surface area contributed by atoms with E-state index in [1.54, 1.807) is 17.6 Å². The molecule has 3 nitrogen and oxygen atoms in total. The molecule has 4 heteroatoms. The van der Waals surface area contributed by atoms with Crippen molar-refractivity contribution in [3.63, 3.8) is 0 Å². The molecule has 2 aromatic heterocycles. The standard InChI is InChI=1S/C12H14N2OS/c1-7(13)11-10(8-4-5-8)14-12(16-11)9-3-2-6-15-9/h2-3,6-8H,4-5,13H2,1H3. The van der Waals surface area contributed by atoms with Gasteiger partial charge in [-0.3, -0.25) is 0 Å². The Balaban J connectivity index is 2.04. The molecule has 84 valence electrons. The van der Waals surface area contributed by atoms with Gasteiger partial charge in [0.05, 0.1) is 12.0 Å². The van der Waals surface area contributed by atoms with Crippen LogP contribution in [0.1, 0.15) is 42.3 Å². The van der Waals surface area contributed by atoms with Gasteiger partial charge in [-0.15, -0.1) is 11.3 Å². The molecule has 2 aromatic rings. The average Bonchev–Trinajstić information content (AvgIpc) is 2.83. The van der Waals surface area contributed by atoms with Crippen LogP contribution >= 0.6 is 11.3 Å². The highest BCUT2D eigenvalue weighted by atomic mass is 32.1. The molecule has 1 fully saturated rings. The van der Waals surface area contributed by atoms with E-state index < -0.39 is 0 Å². The van der Waals surface area contributed by atoms with E-state index in [4.69, 9.17) is 10.2 Å². The van der Waals surface area contributed by atoms with E-state index in [1.807, 2.05) is 19.1 Å². The van der Waals surface area contributed by atoms with E-state index in [2.05, 4.69) is 4.98 Å². The molecule has 2 heterocycles. The van der Waals surface area contributed by atoms with Crippen molar-refractivity contribution in [2.45, 2.75) is 31.7 Å². The second-order valence-electron chi connectivity index (χ2n) is 4.31. The Kier molecular flexibility index (Phi) is 2.33. The van der Waals surface area contributed by atoms with Gasteiger partial charge < -0.3 is 10.2 Å². The van der Waals surface area contributed by atoms with Crippen LogP contribution in [-0.4, -0.2) is 4.98 Å². The number of rotatable bonds is 3. The minimum absolute atomic E-state index is 0.0665. The Morgan fingerprint density at radius 2 is 2.38 bits per heavy atom. The highest BCUT2D eigenvalue weighted by molar-refractivity contribution is 7.15. The molecule has 0 aliphatic heterocycles. The van der Waals surface area contributed by atoms with Crippen LogP contribution in [-0.2, 0) is 0 Å². The van der Waals surface area contributed by atoms with Crippen molar-refractivity contribution >= 4 is 11.3 Å². The molecule has 0 bridgehead atoms. The summed E-state index contributed by atoms with van der Waals surface area (Å²) in [5.74, 6) is 1.49. The topological polar surface area (TPSA) is 52.0 Å². The first kappa shape index (κ1) is 10.1. The lowest BCUT2D eigenvalue weighted by atomic mass is 10.2. The van der Waals surface area contributed by atoms with Gasteiger partial charge in [-0.2, -0.15) is 0 Å². The van der Waals surface area contributed by atoms with Gasteiger partial charge in [-0.25, -0.2) is 4.98 Å². The average molecular weight is 234 g/mol. The molecule has 0 amide bonds. The summed E-state index contributed by atoms with van der Waals surface area (Å²) in [7, 11) is 0. The number of nitrogens with two attached hydrogens (primary N) is 1. The van der Waals surface area contributed by atoms with Crippen molar-refractivity contribution in [1.82, 2.24) is 4.98 Å². The predicted octanol–water partition coefficient (Wildman–Crippen LogP) is 3.30. The Labute approximate surface area is 98.3 Å². The fourth-order valence-electron chi connectivity index (χ4n) is 1.82. The zero-order valence-electron chi connectivity index (χ0n) is 9.14. The maximum atomic E-state index is 5.99. The van der Waals surface area contributed by atoms with Crippen LogP contribution in [0.15, 0.2) is 22.8 Å². The van der Waals surface area contributed by atoms with Crippen molar-refractivity contribution in [3.05, 3.63) is 29.0 Å². The van der Waals surface area contributed by atoms with Crippen LogP contribution in [0.25, 0.3) is 10.8 Å². The Bertz CT molecular complexity index is 464. The SMILES string of the molecule is CC(N)c1sc(-c2ccco2)nc1C1CC1. The zero-order chi connectivity index (χ0) is 11.1. The maximum absolute atomic E-state index is 5.99. The lowest BCUT2D eigenvalue weighted by Crippen LogP contribution is -2.05. The van der Waals surface area contributed by atoms with Crippen LogP contribution < -0.4 is 5.73 Å². The van der Waals surface area contributed by atoms with Crippen LogP contribution in [0.5, 0.6) is 0 Å². The normalized spacial score (nSPS) is 17.6. The smallest absolute Gasteiger partial charge is 0.162 e. The monoisotopic (exact) mass is 234 g/mol. The second kappa shape index (κ2) is 3.71. The third-order valence-corrected chi connectivity index (χ3v) is 4.08. The van der Waals surface area contributed by atoms with E-state index in [1.165, 1.54) is 23.4 Å². The molecule has 0 spiro atoms. The van der Waals surface area contributed by atoms with Crippen molar-refractivity contribution < 1.29 is 4.42 Å². The highest BCUT2D eigenvalue weighted by Crippen LogP contribution is 2.45. The fourth-order valence-corrected chi connectivity index (χ4v) is 2.90. The zero-order valence-corrected chi connectivity index (χ0v) is 9.96. The van der Waals surface area contributed by atoms with Crippen LogP contribution in [0, 0.1) is 0 Å². The van der Waals surface area contributed by atoms with E-state index in [0.717, 1.165) is 10.8 Å². The van der Waals surface area contributed by atoms with Crippen LogP contribution in [0.2, 0.25) is 0 Å². The fraction of sp³-hybridized carbons (Fsp3) is 0.417. The highest BCUT2D eigenvalue weighted by Gasteiger charge is 2.31. The molecular formula is C12H14N2OS. The third kappa shape index (κ3) is 1.68. The lowest BCUT2D eigenvalue weighted by molar-refractivity contribution is 0.581. The molecule has 1 saturated carbocycles. The van der Waals surface area contributed by atoms with E-state index >= 15 is 0 Å². The molecule has 1 aliphatic carbocycles. The summed E-state index contributed by atoms with van der Waals surface area (Å²) in [6, 6.07) is 3.90. The van der Waals surface area contributed by atoms with Crippen molar-refractivity contribution in [2.24, 2.45) is 5.73 Å². The summed E-state index contributed by atoms with van der Waals surface area (Å²) in [4.78, 5) is 5.90. The van der Waals surface area contributed by atoms with Crippen molar-refractivity contribution in [3.8, 4) is 10.8 Å². The molecule has 1 atom stereocenters. The van der Waals surface area contributed by atoms with Gasteiger partial charge in [0.2, 0.25) is 0 Å². The lowest BCUT2D eigenvalue weighted by Gasteiger charge is -2.02. The second-order valence-corrected chi connectivity index (χ2v) is 5.34. The molecule has 0 saturated heterocycles. The first-order chi connectivity index (χ1) is 7.75. The minimum Gasteiger partial charge on any atom is -0.462 e. The molecule has 16 heavy (non-hydrogen) atoms. The largest absolute Gasteiger partial charge is 0.462 e. The van der Waals surface area contributed by atoms with Gasteiger partial charge in [0.15, 0.2) is 10.8 Å². The molecule has 0 radical (unpaired) electrons.